The molecule has 152 valence electrons. The molecule has 0 heterocycles. The Morgan fingerprint density at radius 1 is 0.885 bits per heavy atom. The first-order valence-electron chi connectivity index (χ1n) is 8.65. The van der Waals surface area contributed by atoms with Crippen molar-refractivity contribution in [1.82, 2.24) is 0 Å². The number of aliphatic carboxylic acids is 3. The third kappa shape index (κ3) is 26.5. The second-order valence-electron chi connectivity index (χ2n) is 5.86. The van der Waals surface area contributed by atoms with Crippen LogP contribution in [0, 0.1) is 11.8 Å². The van der Waals surface area contributed by atoms with Crippen molar-refractivity contribution in [2.45, 2.75) is 66.2 Å². The van der Waals surface area contributed by atoms with E-state index < -0.39 is 17.9 Å². The molecule has 8 heteroatoms. The van der Waals surface area contributed by atoms with Crippen LogP contribution in [-0.4, -0.2) is 39.1 Å². The van der Waals surface area contributed by atoms with Crippen LogP contribution < -0.4 is 5.73 Å². The zero-order valence-corrected chi connectivity index (χ0v) is 16.1. The Kier molecular flexibility index (Phi) is 20.7. The highest BCUT2D eigenvalue weighted by Gasteiger charge is 2.13. The molecule has 0 aliphatic heterocycles. The fraction of sp³-hybridized carbons (Fsp3) is 0.667. The average Bonchev–Trinajstić information content (AvgIpc) is 2.53. The van der Waals surface area contributed by atoms with Gasteiger partial charge in [-0.15, -0.1) is 0 Å². The predicted molar refractivity (Wildman–Crippen MR) is 98.6 cm³/mol. The molecule has 0 spiro atoms. The number of unbranched alkanes of at least 4 members (excludes halogenated alkanes) is 3. The van der Waals surface area contributed by atoms with E-state index in [0.717, 1.165) is 19.3 Å². The van der Waals surface area contributed by atoms with E-state index in [1.54, 1.807) is 13.8 Å². The fourth-order valence-electron chi connectivity index (χ4n) is 1.46. The topological polar surface area (TPSA) is 155 Å². The van der Waals surface area contributed by atoms with Crippen LogP contribution in [0.2, 0.25) is 0 Å². The SMILES string of the molecule is CC(C)C(N)=O.CCCCCCC(CC)C(=O)O.O=C(O)/C=C/C(=O)O. The molecule has 5 N–H and O–H groups in total. The third-order valence-corrected chi connectivity index (χ3v) is 3.19. The summed E-state index contributed by atoms with van der Waals surface area (Å²) in [5, 5.41) is 24.4. The van der Waals surface area contributed by atoms with E-state index in [4.69, 9.17) is 21.1 Å². The van der Waals surface area contributed by atoms with Gasteiger partial charge in [-0.2, -0.15) is 0 Å². The van der Waals surface area contributed by atoms with E-state index in [2.05, 4.69) is 6.92 Å². The van der Waals surface area contributed by atoms with Gasteiger partial charge in [0.25, 0.3) is 0 Å². The Morgan fingerprint density at radius 2 is 1.31 bits per heavy atom. The number of carbonyl (C=O) groups is 4. The van der Waals surface area contributed by atoms with Crippen molar-refractivity contribution in [3.8, 4) is 0 Å². The number of hydrogen-bond acceptors (Lipinski definition) is 4. The maximum atomic E-state index is 10.6. The Balaban J connectivity index is -0.000000328. The normalized spacial score (nSPS) is 11.0. The Hall–Kier alpha value is -2.38. The lowest BCUT2D eigenvalue weighted by Gasteiger charge is -2.08. The minimum Gasteiger partial charge on any atom is -0.481 e. The standard InChI is InChI=1S/C10H20O2.C4H9NO.C4H4O4/c1-3-5-6-7-8-9(4-2)10(11)12;1-3(2)4(5)6;5-3(6)1-2-4(7)8/h9H,3-8H2,1-2H3,(H,11,12);3H,1-2H3,(H2,5,6);1-2H,(H,5,6)(H,7,8)/b;;2-1+. The summed E-state index contributed by atoms with van der Waals surface area (Å²) in [6.45, 7) is 7.64. The van der Waals surface area contributed by atoms with Gasteiger partial charge in [0.05, 0.1) is 5.92 Å². The second-order valence-corrected chi connectivity index (χ2v) is 5.86. The van der Waals surface area contributed by atoms with Crippen molar-refractivity contribution >= 4 is 23.8 Å². The number of carboxylic acids is 3. The minimum atomic E-state index is -1.26. The Labute approximate surface area is 155 Å². The number of amides is 1. The molecule has 0 saturated carbocycles. The summed E-state index contributed by atoms with van der Waals surface area (Å²) in [7, 11) is 0. The first-order valence-corrected chi connectivity index (χ1v) is 8.65. The highest BCUT2D eigenvalue weighted by molar-refractivity contribution is 5.89. The first-order chi connectivity index (χ1) is 12.0. The van der Waals surface area contributed by atoms with Crippen molar-refractivity contribution in [2.24, 2.45) is 17.6 Å². The summed E-state index contributed by atoms with van der Waals surface area (Å²) in [6.07, 6.45) is 7.43. The van der Waals surface area contributed by atoms with E-state index in [-0.39, 0.29) is 17.7 Å². The van der Waals surface area contributed by atoms with Crippen LogP contribution in [0.1, 0.15) is 66.2 Å². The summed E-state index contributed by atoms with van der Waals surface area (Å²) in [4.78, 5) is 39.6. The predicted octanol–water partition coefficient (Wildman–Crippen LogP) is 2.91. The summed E-state index contributed by atoms with van der Waals surface area (Å²) < 4.78 is 0. The molecule has 1 unspecified atom stereocenters. The number of carboxylic acid groups (broad SMARTS) is 3. The molecule has 0 aromatic carbocycles. The molecule has 8 nitrogen and oxygen atoms in total. The lowest BCUT2D eigenvalue weighted by molar-refractivity contribution is -0.142. The Morgan fingerprint density at radius 3 is 1.54 bits per heavy atom. The van der Waals surface area contributed by atoms with Gasteiger partial charge in [0.15, 0.2) is 0 Å². The summed E-state index contributed by atoms with van der Waals surface area (Å²) in [5.74, 6) is -3.50. The quantitative estimate of drug-likeness (QED) is 0.338. The van der Waals surface area contributed by atoms with E-state index in [9.17, 15) is 19.2 Å². The van der Waals surface area contributed by atoms with Gasteiger partial charge in [-0.05, 0) is 12.8 Å². The summed E-state index contributed by atoms with van der Waals surface area (Å²) in [6, 6.07) is 0. The molecule has 0 bridgehead atoms. The highest BCUT2D eigenvalue weighted by atomic mass is 16.4. The largest absolute Gasteiger partial charge is 0.481 e. The van der Waals surface area contributed by atoms with E-state index in [0.29, 0.717) is 12.2 Å². The molecule has 0 aromatic heterocycles. The van der Waals surface area contributed by atoms with Crippen molar-refractivity contribution in [1.29, 1.82) is 0 Å². The van der Waals surface area contributed by atoms with Crippen LogP contribution in [0.3, 0.4) is 0 Å². The molecule has 0 saturated heterocycles. The maximum Gasteiger partial charge on any atom is 0.328 e. The van der Waals surface area contributed by atoms with Gasteiger partial charge in [-0.25, -0.2) is 9.59 Å². The van der Waals surface area contributed by atoms with Crippen LogP contribution in [0.5, 0.6) is 0 Å². The zero-order chi connectivity index (χ0) is 21.1. The fourth-order valence-corrected chi connectivity index (χ4v) is 1.46. The van der Waals surface area contributed by atoms with Crippen molar-refractivity contribution in [2.75, 3.05) is 0 Å². The molecule has 0 aliphatic rings. The number of rotatable bonds is 10. The molecule has 1 amide bonds. The number of carbonyl (C=O) groups excluding carboxylic acids is 1. The van der Waals surface area contributed by atoms with Gasteiger partial charge in [-0.3, -0.25) is 9.59 Å². The number of nitrogens with two attached hydrogens (primary N) is 1. The van der Waals surface area contributed by atoms with Gasteiger partial charge >= 0.3 is 17.9 Å². The molecular formula is C18H33NO7. The third-order valence-electron chi connectivity index (χ3n) is 3.19. The average molecular weight is 375 g/mol. The highest BCUT2D eigenvalue weighted by Crippen LogP contribution is 2.13. The van der Waals surface area contributed by atoms with Crippen LogP contribution in [0.25, 0.3) is 0 Å². The molecule has 0 rings (SSSR count). The second kappa shape index (κ2) is 19.0. The van der Waals surface area contributed by atoms with Gasteiger partial charge in [0, 0.05) is 18.1 Å². The van der Waals surface area contributed by atoms with Crippen molar-refractivity contribution < 1.29 is 34.5 Å². The molecule has 0 aliphatic carbocycles. The van der Waals surface area contributed by atoms with Crippen molar-refractivity contribution in [3.05, 3.63) is 12.2 Å². The van der Waals surface area contributed by atoms with Crippen LogP contribution >= 0.6 is 0 Å². The molecular weight excluding hydrogens is 342 g/mol. The minimum absolute atomic E-state index is 0.00926. The van der Waals surface area contributed by atoms with Crippen LogP contribution in [-0.2, 0) is 19.2 Å². The molecule has 1 atom stereocenters. The van der Waals surface area contributed by atoms with Gasteiger partial charge in [0.1, 0.15) is 0 Å². The molecule has 0 radical (unpaired) electrons. The first kappa shape index (κ1) is 28.4. The van der Waals surface area contributed by atoms with Crippen LogP contribution in [0.15, 0.2) is 12.2 Å². The number of hydrogen-bond donors (Lipinski definition) is 4. The van der Waals surface area contributed by atoms with E-state index >= 15 is 0 Å². The van der Waals surface area contributed by atoms with Gasteiger partial charge < -0.3 is 21.1 Å². The lowest BCUT2D eigenvalue weighted by Crippen LogP contribution is -2.17. The lowest BCUT2D eigenvalue weighted by atomic mass is 9.99. The summed E-state index contributed by atoms with van der Waals surface area (Å²) >= 11 is 0. The maximum absolute atomic E-state index is 10.6. The van der Waals surface area contributed by atoms with Crippen molar-refractivity contribution in [3.63, 3.8) is 0 Å². The Bertz CT molecular complexity index is 429. The smallest absolute Gasteiger partial charge is 0.328 e. The van der Waals surface area contributed by atoms with Gasteiger partial charge in [-0.1, -0.05) is 53.4 Å². The molecule has 0 aromatic rings. The number of primary amides is 1. The van der Waals surface area contributed by atoms with Crippen LogP contribution in [0.4, 0.5) is 0 Å². The van der Waals surface area contributed by atoms with E-state index in [1.807, 2.05) is 6.92 Å². The zero-order valence-electron chi connectivity index (χ0n) is 16.1. The van der Waals surface area contributed by atoms with E-state index in [1.165, 1.54) is 19.3 Å². The monoisotopic (exact) mass is 375 g/mol. The molecule has 26 heavy (non-hydrogen) atoms. The summed E-state index contributed by atoms with van der Waals surface area (Å²) in [5.41, 5.74) is 4.80. The molecule has 0 fully saturated rings. The van der Waals surface area contributed by atoms with Gasteiger partial charge in [0.2, 0.25) is 5.91 Å².